The molecule has 0 aromatic heterocycles. The number of carbonyl (C=O) groups is 1. The second-order valence-corrected chi connectivity index (χ2v) is 6.34. The van der Waals surface area contributed by atoms with Crippen molar-refractivity contribution in [3.8, 4) is 0 Å². The van der Waals surface area contributed by atoms with Crippen molar-refractivity contribution >= 4 is 17.3 Å². The Morgan fingerprint density at radius 1 is 1.00 bits per heavy atom. The number of hydrogen-bond donors (Lipinski definition) is 2. The second-order valence-electron chi connectivity index (χ2n) is 6.34. The van der Waals surface area contributed by atoms with E-state index in [1.807, 2.05) is 12.1 Å². The molecule has 1 amide bonds. The maximum absolute atomic E-state index is 12.8. The number of anilines is 2. The van der Waals surface area contributed by atoms with Gasteiger partial charge in [-0.15, -0.1) is 0 Å². The maximum Gasteiger partial charge on any atom is 0.225 e. The fourth-order valence-corrected chi connectivity index (χ4v) is 2.99. The van der Waals surface area contributed by atoms with Gasteiger partial charge >= 0.3 is 0 Å². The number of rotatable bonds is 7. The zero-order valence-electron chi connectivity index (χ0n) is 14.3. The quantitative estimate of drug-likeness (QED) is 0.757. The van der Waals surface area contributed by atoms with Crippen LogP contribution in [0.15, 0.2) is 48.5 Å². The van der Waals surface area contributed by atoms with Crippen molar-refractivity contribution in [2.75, 3.05) is 29.9 Å². The predicted molar refractivity (Wildman–Crippen MR) is 99.2 cm³/mol. The summed E-state index contributed by atoms with van der Waals surface area (Å²) < 4.78 is 12.8. The molecule has 3 rings (SSSR count). The molecule has 1 aliphatic heterocycles. The van der Waals surface area contributed by atoms with E-state index in [0.29, 0.717) is 19.5 Å². The van der Waals surface area contributed by atoms with Crippen LogP contribution in [0.2, 0.25) is 0 Å². The van der Waals surface area contributed by atoms with E-state index in [-0.39, 0.29) is 11.7 Å². The minimum absolute atomic E-state index is 0.0134. The third-order valence-electron chi connectivity index (χ3n) is 4.39. The summed E-state index contributed by atoms with van der Waals surface area (Å²) in [6.07, 6.45) is 2.90. The largest absolute Gasteiger partial charge is 0.372 e. The molecule has 4 nitrogen and oxygen atoms in total. The van der Waals surface area contributed by atoms with Crippen LogP contribution >= 0.6 is 0 Å². The van der Waals surface area contributed by atoms with E-state index in [1.165, 1.54) is 30.7 Å². The van der Waals surface area contributed by atoms with E-state index in [9.17, 15) is 9.18 Å². The van der Waals surface area contributed by atoms with Crippen molar-refractivity contribution in [2.24, 2.45) is 0 Å². The highest BCUT2D eigenvalue weighted by Crippen LogP contribution is 2.22. The summed E-state index contributed by atoms with van der Waals surface area (Å²) in [4.78, 5) is 14.4. The maximum atomic E-state index is 12.8. The standard InChI is InChI=1S/C20H24FN3O/c21-17-5-3-16(4-6-17)15-22-12-11-20(25)23-18-7-9-19(10-8-18)24-13-1-2-14-24/h3-10,22H,1-2,11-15H2,(H,23,25). The molecule has 25 heavy (non-hydrogen) atoms. The molecule has 1 fully saturated rings. The summed E-state index contributed by atoms with van der Waals surface area (Å²) in [7, 11) is 0. The molecule has 2 N–H and O–H groups in total. The monoisotopic (exact) mass is 341 g/mol. The molecule has 132 valence electrons. The number of benzene rings is 2. The van der Waals surface area contributed by atoms with E-state index >= 15 is 0 Å². The van der Waals surface area contributed by atoms with Gasteiger partial charge < -0.3 is 15.5 Å². The Morgan fingerprint density at radius 3 is 2.36 bits per heavy atom. The molecule has 0 unspecified atom stereocenters. The van der Waals surface area contributed by atoms with E-state index in [1.54, 1.807) is 12.1 Å². The van der Waals surface area contributed by atoms with Crippen molar-refractivity contribution in [1.29, 1.82) is 0 Å². The first-order valence-corrected chi connectivity index (χ1v) is 8.81. The van der Waals surface area contributed by atoms with Crippen LogP contribution in [0, 0.1) is 5.82 Å². The SMILES string of the molecule is O=C(CCNCc1ccc(F)cc1)Nc1ccc(N2CCCC2)cc1. The Bertz CT molecular complexity index is 679. The molecule has 5 heteroatoms. The molecule has 1 aliphatic rings. The highest BCUT2D eigenvalue weighted by molar-refractivity contribution is 5.91. The third kappa shape index (κ3) is 5.29. The van der Waals surface area contributed by atoms with Crippen LogP contribution in [0.1, 0.15) is 24.8 Å². The van der Waals surface area contributed by atoms with Gasteiger partial charge in [-0.25, -0.2) is 4.39 Å². The van der Waals surface area contributed by atoms with Crippen LogP contribution in [0.25, 0.3) is 0 Å². The average Bonchev–Trinajstić information content (AvgIpc) is 3.15. The minimum atomic E-state index is -0.237. The molecule has 0 bridgehead atoms. The molecule has 1 heterocycles. The zero-order chi connectivity index (χ0) is 17.5. The van der Waals surface area contributed by atoms with E-state index in [0.717, 1.165) is 24.3 Å². The Labute approximate surface area is 148 Å². The van der Waals surface area contributed by atoms with Crippen molar-refractivity contribution in [3.05, 3.63) is 59.9 Å². The number of carbonyl (C=O) groups excluding carboxylic acids is 1. The molecule has 0 atom stereocenters. The topological polar surface area (TPSA) is 44.4 Å². The second kappa shape index (κ2) is 8.62. The van der Waals surface area contributed by atoms with Gasteiger partial charge in [0.25, 0.3) is 0 Å². The van der Waals surface area contributed by atoms with Crippen molar-refractivity contribution in [3.63, 3.8) is 0 Å². The highest BCUT2D eigenvalue weighted by atomic mass is 19.1. The molecule has 0 saturated carbocycles. The summed E-state index contributed by atoms with van der Waals surface area (Å²) in [5.74, 6) is -0.251. The Kier molecular flexibility index (Phi) is 6.01. The fraction of sp³-hybridized carbons (Fsp3) is 0.350. The van der Waals surface area contributed by atoms with Gasteiger partial charge in [-0.1, -0.05) is 12.1 Å². The molecule has 0 radical (unpaired) electrons. The first-order valence-electron chi connectivity index (χ1n) is 8.81. The van der Waals surface area contributed by atoms with Crippen molar-refractivity contribution in [2.45, 2.75) is 25.8 Å². The number of nitrogens with zero attached hydrogens (tertiary/aromatic N) is 1. The van der Waals surface area contributed by atoms with Crippen molar-refractivity contribution < 1.29 is 9.18 Å². The summed E-state index contributed by atoms with van der Waals surface area (Å²) >= 11 is 0. The van der Waals surface area contributed by atoms with Crippen LogP contribution in [-0.2, 0) is 11.3 Å². The van der Waals surface area contributed by atoms with Gasteiger partial charge in [-0.2, -0.15) is 0 Å². The van der Waals surface area contributed by atoms with Crippen LogP contribution < -0.4 is 15.5 Å². The smallest absolute Gasteiger partial charge is 0.225 e. The number of amides is 1. The summed E-state index contributed by atoms with van der Waals surface area (Å²) in [6, 6.07) is 14.4. The lowest BCUT2D eigenvalue weighted by Gasteiger charge is -2.17. The predicted octanol–water partition coefficient (Wildman–Crippen LogP) is 3.54. The van der Waals surface area contributed by atoms with E-state index in [2.05, 4.69) is 27.7 Å². The lowest BCUT2D eigenvalue weighted by atomic mass is 10.2. The molecule has 0 aliphatic carbocycles. The summed E-state index contributed by atoms with van der Waals surface area (Å²) in [5.41, 5.74) is 3.04. The summed E-state index contributed by atoms with van der Waals surface area (Å²) in [6.45, 7) is 3.43. The normalized spacial score (nSPS) is 13.9. The lowest BCUT2D eigenvalue weighted by Crippen LogP contribution is -2.21. The number of halogens is 1. The molecular formula is C20H24FN3O. The Hall–Kier alpha value is -2.40. The number of hydrogen-bond acceptors (Lipinski definition) is 3. The Balaban J connectivity index is 1.37. The van der Waals surface area contributed by atoms with Crippen molar-refractivity contribution in [1.82, 2.24) is 5.32 Å². The van der Waals surface area contributed by atoms with E-state index in [4.69, 9.17) is 0 Å². The minimum Gasteiger partial charge on any atom is -0.372 e. The third-order valence-corrected chi connectivity index (χ3v) is 4.39. The Morgan fingerprint density at radius 2 is 1.68 bits per heavy atom. The van der Waals surface area contributed by atoms with E-state index < -0.39 is 0 Å². The van der Waals surface area contributed by atoms with Crippen LogP contribution in [0.4, 0.5) is 15.8 Å². The van der Waals surface area contributed by atoms with Gasteiger partial charge in [0.1, 0.15) is 5.82 Å². The van der Waals surface area contributed by atoms with Gasteiger partial charge in [0.05, 0.1) is 0 Å². The van der Waals surface area contributed by atoms with Crippen LogP contribution in [-0.4, -0.2) is 25.5 Å². The van der Waals surface area contributed by atoms with Gasteiger partial charge in [-0.3, -0.25) is 4.79 Å². The molecule has 2 aromatic rings. The van der Waals surface area contributed by atoms with Gasteiger partial charge in [0.2, 0.25) is 5.91 Å². The molecule has 2 aromatic carbocycles. The lowest BCUT2D eigenvalue weighted by molar-refractivity contribution is -0.116. The van der Waals surface area contributed by atoms with Gasteiger partial charge in [0, 0.05) is 44.0 Å². The molecule has 1 saturated heterocycles. The molecular weight excluding hydrogens is 317 g/mol. The zero-order valence-corrected chi connectivity index (χ0v) is 14.3. The first kappa shape index (κ1) is 17.4. The number of nitrogens with one attached hydrogen (secondary N) is 2. The van der Waals surface area contributed by atoms with Gasteiger partial charge in [0.15, 0.2) is 0 Å². The summed E-state index contributed by atoms with van der Waals surface area (Å²) in [5, 5.41) is 6.11. The van der Waals surface area contributed by atoms with Crippen LogP contribution in [0.3, 0.4) is 0 Å². The highest BCUT2D eigenvalue weighted by Gasteiger charge is 2.12. The average molecular weight is 341 g/mol. The first-order chi connectivity index (χ1) is 12.2. The molecule has 0 spiro atoms. The fourth-order valence-electron chi connectivity index (χ4n) is 2.99. The van der Waals surface area contributed by atoms with Gasteiger partial charge in [-0.05, 0) is 54.8 Å². The van der Waals surface area contributed by atoms with Crippen LogP contribution in [0.5, 0.6) is 0 Å².